The van der Waals surface area contributed by atoms with Crippen molar-refractivity contribution in [2.45, 2.75) is 81.8 Å². The van der Waals surface area contributed by atoms with Crippen molar-refractivity contribution in [1.29, 1.82) is 5.26 Å². The maximum atomic E-state index is 14.5. The number of nitriles is 1. The Morgan fingerprint density at radius 1 is 1.15 bits per heavy atom. The first-order valence-corrected chi connectivity index (χ1v) is 13.3. The predicted octanol–water partition coefficient (Wildman–Crippen LogP) is 3.85. The fourth-order valence-electron chi connectivity index (χ4n) is 5.74. The Balaban J connectivity index is 1.39. The standard InChI is InChI=1S/C28H32FN9O/c1-26(2,39)25(29)17-37-16-23(35-36-37)20-15-32-22(24-4-3-19-11-18(13-30)14-33-38(19)24)12-21(20)34-28-8-5-27(31,6-9-28)7-10-28/h3-4,11-12,14-16,25,39H,5-10,17,31H2,1-2H3,(H,32,34)/t25-,27?,28?/m1/s1. The number of nitrogens with zero attached hydrogens (tertiary/aromatic N) is 7. The van der Waals surface area contributed by atoms with Crippen LogP contribution in [-0.4, -0.2) is 57.5 Å². The van der Waals surface area contributed by atoms with Gasteiger partial charge in [-0.3, -0.25) is 4.98 Å². The van der Waals surface area contributed by atoms with E-state index < -0.39 is 11.8 Å². The molecule has 4 heterocycles. The first-order valence-electron chi connectivity index (χ1n) is 13.3. The summed E-state index contributed by atoms with van der Waals surface area (Å²) < 4.78 is 17.7. The summed E-state index contributed by atoms with van der Waals surface area (Å²) in [7, 11) is 0. The molecule has 7 rings (SSSR count). The van der Waals surface area contributed by atoms with Crippen LogP contribution in [0.3, 0.4) is 0 Å². The minimum absolute atomic E-state index is 0.0550. The quantitative estimate of drug-likeness (QED) is 0.328. The van der Waals surface area contributed by atoms with E-state index in [1.54, 1.807) is 23.0 Å². The first kappa shape index (κ1) is 25.4. The van der Waals surface area contributed by atoms with Gasteiger partial charge in [-0.25, -0.2) is 13.6 Å². The summed E-state index contributed by atoms with van der Waals surface area (Å²) in [6.07, 6.45) is 9.36. The number of fused-ring (bicyclic) bond motifs is 4. The highest BCUT2D eigenvalue weighted by Crippen LogP contribution is 2.48. The van der Waals surface area contributed by atoms with Crippen molar-refractivity contribution >= 4 is 11.2 Å². The number of aromatic nitrogens is 6. The Morgan fingerprint density at radius 2 is 1.90 bits per heavy atom. The first-order chi connectivity index (χ1) is 18.6. The van der Waals surface area contributed by atoms with Gasteiger partial charge in [0.15, 0.2) is 0 Å². The monoisotopic (exact) mass is 529 g/mol. The molecule has 3 aliphatic rings. The van der Waals surface area contributed by atoms with Crippen molar-refractivity contribution in [3.05, 3.63) is 48.4 Å². The van der Waals surface area contributed by atoms with E-state index in [1.807, 2.05) is 18.2 Å². The molecule has 0 amide bonds. The molecule has 0 aromatic carbocycles. The molecule has 1 atom stereocenters. The van der Waals surface area contributed by atoms with E-state index in [4.69, 9.17) is 10.7 Å². The number of anilines is 1. The van der Waals surface area contributed by atoms with Crippen molar-refractivity contribution in [1.82, 2.24) is 29.6 Å². The van der Waals surface area contributed by atoms with E-state index >= 15 is 0 Å². The lowest BCUT2D eigenvalue weighted by Gasteiger charge is -2.52. The molecule has 0 saturated heterocycles. The van der Waals surface area contributed by atoms with Gasteiger partial charge in [0.1, 0.15) is 17.9 Å². The number of halogens is 1. The molecule has 3 aliphatic carbocycles. The lowest BCUT2D eigenvalue weighted by atomic mass is 9.62. The van der Waals surface area contributed by atoms with Gasteiger partial charge >= 0.3 is 0 Å². The number of pyridine rings is 1. The smallest absolute Gasteiger partial charge is 0.148 e. The van der Waals surface area contributed by atoms with Gasteiger partial charge in [0.25, 0.3) is 0 Å². The fraction of sp³-hybridized carbons (Fsp3) is 0.464. The molecule has 39 heavy (non-hydrogen) atoms. The van der Waals surface area contributed by atoms with Crippen LogP contribution in [0.2, 0.25) is 0 Å². The summed E-state index contributed by atoms with van der Waals surface area (Å²) in [5.74, 6) is 0. The average molecular weight is 530 g/mol. The van der Waals surface area contributed by atoms with Gasteiger partial charge in [0.05, 0.1) is 47.0 Å². The van der Waals surface area contributed by atoms with Crippen LogP contribution in [0.4, 0.5) is 10.1 Å². The van der Waals surface area contributed by atoms with Crippen molar-refractivity contribution < 1.29 is 9.50 Å². The van der Waals surface area contributed by atoms with E-state index in [1.165, 1.54) is 24.7 Å². The lowest BCUT2D eigenvalue weighted by Crippen LogP contribution is -2.57. The van der Waals surface area contributed by atoms with Gasteiger partial charge in [-0.2, -0.15) is 10.4 Å². The molecule has 202 valence electrons. The van der Waals surface area contributed by atoms with Gasteiger partial charge in [0.2, 0.25) is 0 Å². The van der Waals surface area contributed by atoms with E-state index in [0.29, 0.717) is 17.0 Å². The molecule has 2 bridgehead atoms. The van der Waals surface area contributed by atoms with Crippen LogP contribution >= 0.6 is 0 Å². The normalized spacial score (nSPS) is 23.6. The Hall–Kier alpha value is -3.88. The van der Waals surface area contributed by atoms with Crippen LogP contribution in [-0.2, 0) is 6.54 Å². The maximum absolute atomic E-state index is 14.5. The molecular weight excluding hydrogens is 497 g/mol. The summed E-state index contributed by atoms with van der Waals surface area (Å²) >= 11 is 0. The molecule has 11 heteroatoms. The van der Waals surface area contributed by atoms with Gasteiger partial charge in [0, 0.05) is 28.5 Å². The highest BCUT2D eigenvalue weighted by atomic mass is 19.1. The Labute approximate surface area is 225 Å². The van der Waals surface area contributed by atoms with Crippen LogP contribution in [0.15, 0.2) is 42.9 Å². The average Bonchev–Trinajstić information content (AvgIpc) is 3.56. The van der Waals surface area contributed by atoms with Crippen LogP contribution < -0.4 is 11.1 Å². The third-order valence-electron chi connectivity index (χ3n) is 8.43. The predicted molar refractivity (Wildman–Crippen MR) is 144 cm³/mol. The maximum Gasteiger partial charge on any atom is 0.148 e. The molecule has 0 aliphatic heterocycles. The van der Waals surface area contributed by atoms with E-state index in [9.17, 15) is 14.8 Å². The number of aliphatic hydroxyl groups is 1. The van der Waals surface area contributed by atoms with Crippen molar-refractivity contribution in [3.63, 3.8) is 0 Å². The zero-order valence-corrected chi connectivity index (χ0v) is 22.1. The second-order valence-electron chi connectivity index (χ2n) is 11.7. The molecule has 4 aromatic heterocycles. The summed E-state index contributed by atoms with van der Waals surface area (Å²) in [5, 5.41) is 36.0. The van der Waals surface area contributed by atoms with E-state index in [2.05, 4.69) is 26.8 Å². The van der Waals surface area contributed by atoms with Gasteiger partial charge in [-0.15, -0.1) is 5.10 Å². The van der Waals surface area contributed by atoms with Gasteiger partial charge in [-0.05, 0) is 76.6 Å². The number of hydrogen-bond acceptors (Lipinski definition) is 8. The van der Waals surface area contributed by atoms with Crippen molar-refractivity contribution in [2.24, 2.45) is 5.73 Å². The molecule has 3 fully saturated rings. The second kappa shape index (κ2) is 9.10. The highest BCUT2D eigenvalue weighted by molar-refractivity contribution is 5.79. The largest absolute Gasteiger partial charge is 0.387 e. The Morgan fingerprint density at radius 3 is 2.59 bits per heavy atom. The summed E-state index contributed by atoms with van der Waals surface area (Å²) in [4.78, 5) is 4.75. The highest BCUT2D eigenvalue weighted by Gasteiger charge is 2.46. The minimum Gasteiger partial charge on any atom is -0.387 e. The number of nitrogens with one attached hydrogen (secondary N) is 1. The number of hydrogen-bond donors (Lipinski definition) is 3. The van der Waals surface area contributed by atoms with Crippen molar-refractivity contribution in [2.75, 3.05) is 5.32 Å². The molecule has 0 spiro atoms. The number of alkyl halides is 1. The van der Waals surface area contributed by atoms with Crippen LogP contribution in [0.1, 0.15) is 57.9 Å². The molecule has 10 nitrogen and oxygen atoms in total. The second-order valence-corrected chi connectivity index (χ2v) is 11.7. The SMILES string of the molecule is CC(C)(O)[C@H](F)Cn1cc(-c2cnc(-c3ccc4cc(C#N)cnn34)cc2NC23CCC(N)(CC2)CC3)nn1. The van der Waals surface area contributed by atoms with E-state index in [0.717, 1.165) is 61.0 Å². The minimum atomic E-state index is -1.50. The third kappa shape index (κ3) is 4.75. The molecule has 3 saturated carbocycles. The Kier molecular flexibility index (Phi) is 5.93. The fourth-order valence-corrected chi connectivity index (χ4v) is 5.74. The molecule has 4 N–H and O–H groups in total. The number of rotatable bonds is 7. The third-order valence-corrected chi connectivity index (χ3v) is 8.43. The van der Waals surface area contributed by atoms with Crippen LogP contribution in [0.25, 0.3) is 28.2 Å². The summed E-state index contributed by atoms with van der Waals surface area (Å²) in [5.41, 5.74) is 9.95. The zero-order valence-electron chi connectivity index (χ0n) is 22.1. The zero-order chi connectivity index (χ0) is 27.4. The van der Waals surface area contributed by atoms with Crippen LogP contribution in [0, 0.1) is 11.3 Å². The lowest BCUT2D eigenvalue weighted by molar-refractivity contribution is -0.0120. The summed E-state index contributed by atoms with van der Waals surface area (Å²) in [6.45, 7) is 2.76. The number of nitrogens with two attached hydrogens (primary N) is 1. The Bertz CT molecular complexity index is 1550. The van der Waals surface area contributed by atoms with Gasteiger partial charge in [-0.1, -0.05) is 5.21 Å². The van der Waals surface area contributed by atoms with Crippen molar-refractivity contribution in [3.8, 4) is 28.7 Å². The van der Waals surface area contributed by atoms with E-state index in [-0.39, 0.29) is 17.6 Å². The molecular formula is C28H32FN9O. The summed E-state index contributed by atoms with van der Waals surface area (Å²) in [6, 6.07) is 9.76. The molecule has 4 aromatic rings. The van der Waals surface area contributed by atoms with Gasteiger partial charge < -0.3 is 16.2 Å². The topological polar surface area (TPSA) is 143 Å². The van der Waals surface area contributed by atoms with Crippen LogP contribution in [0.5, 0.6) is 0 Å². The molecule has 0 unspecified atom stereocenters. The molecule has 0 radical (unpaired) electrons.